The van der Waals surface area contributed by atoms with Gasteiger partial charge in [-0.3, -0.25) is 14.5 Å². The number of unbranched alkanes of at least 4 members (excludes halogenated alkanes) is 1. The molecule has 48 heavy (non-hydrogen) atoms. The van der Waals surface area contributed by atoms with Gasteiger partial charge in [-0.1, -0.05) is 73.2 Å². The predicted molar refractivity (Wildman–Crippen MR) is 186 cm³/mol. The molecule has 0 aliphatic carbocycles. The number of benzene rings is 4. The first kappa shape index (κ1) is 32.6. The first-order valence-electron chi connectivity index (χ1n) is 15.8. The highest BCUT2D eigenvalue weighted by atomic mass is 32.1. The lowest BCUT2D eigenvalue weighted by Gasteiger charge is -2.24. The number of aliphatic hydroxyl groups is 1. The van der Waals surface area contributed by atoms with E-state index in [0.29, 0.717) is 64.6 Å². The minimum atomic E-state index is -1.02. The van der Waals surface area contributed by atoms with Crippen molar-refractivity contribution in [3.05, 3.63) is 113 Å². The Morgan fingerprint density at radius 1 is 0.875 bits per heavy atom. The topological polar surface area (TPSA) is 107 Å². The van der Waals surface area contributed by atoms with Gasteiger partial charge < -0.3 is 24.1 Å². The summed E-state index contributed by atoms with van der Waals surface area (Å²) in [5.41, 5.74) is 2.45. The van der Waals surface area contributed by atoms with Crippen LogP contribution in [-0.4, -0.2) is 42.1 Å². The first-order valence-corrected chi connectivity index (χ1v) is 16.7. The van der Waals surface area contributed by atoms with E-state index in [-0.39, 0.29) is 11.3 Å². The van der Waals surface area contributed by atoms with Crippen LogP contribution in [0.4, 0.5) is 5.13 Å². The van der Waals surface area contributed by atoms with Crippen molar-refractivity contribution in [2.75, 3.05) is 25.2 Å². The van der Waals surface area contributed by atoms with E-state index in [1.54, 1.807) is 42.5 Å². The summed E-state index contributed by atoms with van der Waals surface area (Å²) in [6.45, 7) is 5.32. The fraction of sp³-hybridized carbons (Fsp3) is 0.237. The number of carbonyl (C=O) groups is 2. The van der Waals surface area contributed by atoms with Crippen LogP contribution in [0.3, 0.4) is 0 Å². The van der Waals surface area contributed by atoms with Crippen LogP contribution in [0.1, 0.15) is 49.4 Å². The van der Waals surface area contributed by atoms with Crippen molar-refractivity contribution in [1.82, 2.24) is 4.98 Å². The number of nitrogens with zero attached hydrogens (tertiary/aromatic N) is 2. The van der Waals surface area contributed by atoms with E-state index >= 15 is 0 Å². The van der Waals surface area contributed by atoms with Crippen LogP contribution in [0.2, 0.25) is 0 Å². The predicted octanol–water partition coefficient (Wildman–Crippen LogP) is 8.09. The molecule has 1 atom stereocenters. The Bertz CT molecular complexity index is 1970. The van der Waals surface area contributed by atoms with E-state index in [0.717, 1.165) is 23.1 Å². The van der Waals surface area contributed by atoms with Gasteiger partial charge in [0.15, 0.2) is 16.6 Å². The molecule has 4 aromatic carbocycles. The summed E-state index contributed by atoms with van der Waals surface area (Å²) in [5.74, 6) is 0.182. The maximum atomic E-state index is 13.9. The zero-order chi connectivity index (χ0) is 33.6. The number of anilines is 1. The lowest BCUT2D eigenvalue weighted by Crippen LogP contribution is -2.29. The lowest BCUT2D eigenvalue weighted by atomic mass is 9.95. The molecule has 10 heteroatoms. The van der Waals surface area contributed by atoms with Crippen LogP contribution in [0, 0.1) is 0 Å². The van der Waals surface area contributed by atoms with Crippen LogP contribution >= 0.6 is 11.3 Å². The molecule has 6 rings (SSSR count). The van der Waals surface area contributed by atoms with Gasteiger partial charge in [0.1, 0.15) is 23.9 Å². The number of rotatable bonds is 13. The van der Waals surface area contributed by atoms with Crippen molar-refractivity contribution in [3.8, 4) is 23.0 Å². The summed E-state index contributed by atoms with van der Waals surface area (Å²) >= 11 is 1.26. The molecule has 2 heterocycles. The molecule has 1 unspecified atom stereocenters. The smallest absolute Gasteiger partial charge is 0.301 e. The number of ketones is 1. The van der Waals surface area contributed by atoms with Gasteiger partial charge in [0.2, 0.25) is 0 Å². The average Bonchev–Trinajstić information content (AvgIpc) is 3.65. The van der Waals surface area contributed by atoms with E-state index in [1.165, 1.54) is 23.3 Å². The summed E-state index contributed by atoms with van der Waals surface area (Å²) in [5, 5.41) is 12.1. The number of hydrogen-bond donors (Lipinski definition) is 1. The Morgan fingerprint density at radius 2 is 1.69 bits per heavy atom. The molecule has 1 amide bonds. The third kappa shape index (κ3) is 6.70. The van der Waals surface area contributed by atoms with Gasteiger partial charge in [0, 0.05) is 5.56 Å². The van der Waals surface area contributed by atoms with Gasteiger partial charge in [-0.25, -0.2) is 4.98 Å². The second kappa shape index (κ2) is 14.6. The van der Waals surface area contributed by atoms with E-state index in [2.05, 4.69) is 6.92 Å². The Balaban J connectivity index is 1.45. The van der Waals surface area contributed by atoms with Gasteiger partial charge in [-0.2, -0.15) is 0 Å². The van der Waals surface area contributed by atoms with Crippen LogP contribution in [0.25, 0.3) is 16.0 Å². The third-order valence-corrected chi connectivity index (χ3v) is 8.94. The molecule has 0 saturated carbocycles. The number of carbonyl (C=O) groups excluding carboxylic acids is 2. The lowest BCUT2D eigenvalue weighted by molar-refractivity contribution is -0.132. The van der Waals surface area contributed by atoms with Crippen LogP contribution in [0.15, 0.2) is 96.6 Å². The minimum Gasteiger partial charge on any atom is -0.507 e. The second-order valence-electron chi connectivity index (χ2n) is 11.1. The largest absolute Gasteiger partial charge is 0.507 e. The fourth-order valence-electron chi connectivity index (χ4n) is 5.53. The molecule has 0 bridgehead atoms. The summed E-state index contributed by atoms with van der Waals surface area (Å²) < 4.78 is 24.1. The molecule has 1 aliphatic heterocycles. The highest BCUT2D eigenvalue weighted by Gasteiger charge is 2.48. The Hall–Kier alpha value is -5.35. The molecule has 1 aliphatic rings. The molecule has 246 valence electrons. The summed E-state index contributed by atoms with van der Waals surface area (Å²) in [4.78, 5) is 33.9. The molecule has 9 nitrogen and oxygen atoms in total. The molecule has 1 saturated heterocycles. The van der Waals surface area contributed by atoms with Crippen molar-refractivity contribution in [3.63, 3.8) is 0 Å². The Kier molecular flexibility index (Phi) is 9.91. The van der Waals surface area contributed by atoms with Crippen molar-refractivity contribution in [2.45, 2.75) is 39.3 Å². The Morgan fingerprint density at radius 3 is 2.46 bits per heavy atom. The molecular weight excluding hydrogens is 628 g/mol. The van der Waals surface area contributed by atoms with Gasteiger partial charge in [0.25, 0.3) is 5.78 Å². The molecular formula is C38H36N2O7S. The average molecular weight is 665 g/mol. The number of ether oxygens (including phenoxy) is 4. The summed E-state index contributed by atoms with van der Waals surface area (Å²) in [6, 6.07) is 26.3. The highest BCUT2D eigenvalue weighted by Crippen LogP contribution is 2.46. The maximum Gasteiger partial charge on any atom is 0.301 e. The van der Waals surface area contributed by atoms with E-state index in [4.69, 9.17) is 23.9 Å². The van der Waals surface area contributed by atoms with Crippen LogP contribution in [-0.2, 0) is 16.2 Å². The molecule has 0 radical (unpaired) electrons. The quantitative estimate of drug-likeness (QED) is 0.0583. The van der Waals surface area contributed by atoms with Crippen molar-refractivity contribution >= 4 is 44.1 Å². The first-order chi connectivity index (χ1) is 23.4. The van der Waals surface area contributed by atoms with Crippen LogP contribution in [0.5, 0.6) is 23.0 Å². The molecule has 1 N–H and O–H groups in total. The van der Waals surface area contributed by atoms with Crippen molar-refractivity contribution in [1.29, 1.82) is 0 Å². The molecule has 5 aromatic rings. The standard InChI is InChI=1S/C38H36N2O7S/c1-4-6-19-46-27-14-10-13-26(20-27)35(41)33-34(25-15-18-30(31(21-25)44-3)47-23-24-11-8-7-9-12-24)40(37(43)36(33)42)38-39-29-17-16-28(45-5-2)22-32(29)48-38/h7-18,20-22,34,41H,4-6,19,23H2,1-3H3/b35-33+. The van der Waals surface area contributed by atoms with Crippen molar-refractivity contribution < 1.29 is 33.6 Å². The summed E-state index contributed by atoms with van der Waals surface area (Å²) in [7, 11) is 1.53. The number of aromatic nitrogens is 1. The van der Waals surface area contributed by atoms with E-state index in [1.807, 2.05) is 55.5 Å². The zero-order valence-corrected chi connectivity index (χ0v) is 27.8. The van der Waals surface area contributed by atoms with Gasteiger partial charge in [-0.15, -0.1) is 0 Å². The number of aliphatic hydroxyl groups excluding tert-OH is 1. The molecule has 1 fully saturated rings. The number of thiazole rings is 1. The summed E-state index contributed by atoms with van der Waals surface area (Å²) in [6.07, 6.45) is 1.85. The van der Waals surface area contributed by atoms with E-state index in [9.17, 15) is 14.7 Å². The number of methoxy groups -OCH3 is 1. The Labute approximate surface area is 283 Å². The third-order valence-electron chi connectivity index (χ3n) is 7.92. The van der Waals surface area contributed by atoms with Gasteiger partial charge in [0.05, 0.1) is 42.2 Å². The maximum absolute atomic E-state index is 13.9. The normalized spacial score (nSPS) is 15.6. The van der Waals surface area contributed by atoms with Gasteiger partial charge >= 0.3 is 5.91 Å². The monoisotopic (exact) mass is 664 g/mol. The number of Topliss-reactive ketones (excluding diaryl/α,β-unsaturated/α-hetero) is 1. The molecule has 1 aromatic heterocycles. The minimum absolute atomic E-state index is 0.0695. The van der Waals surface area contributed by atoms with E-state index < -0.39 is 17.7 Å². The number of fused-ring (bicyclic) bond motifs is 1. The number of hydrogen-bond acceptors (Lipinski definition) is 9. The number of amides is 1. The highest BCUT2D eigenvalue weighted by molar-refractivity contribution is 7.22. The SMILES string of the molecule is CCCCOc1cccc(/C(O)=C2\C(=O)C(=O)N(c3nc4ccc(OCC)cc4s3)C2c2ccc(OCc3ccccc3)c(OC)c2)c1. The fourth-order valence-corrected chi connectivity index (χ4v) is 6.55. The van der Waals surface area contributed by atoms with Crippen LogP contribution < -0.4 is 23.8 Å². The van der Waals surface area contributed by atoms with Crippen molar-refractivity contribution in [2.24, 2.45) is 0 Å². The molecule has 0 spiro atoms. The van der Waals surface area contributed by atoms with Gasteiger partial charge in [-0.05, 0) is 66.9 Å². The second-order valence-corrected chi connectivity index (χ2v) is 12.2. The zero-order valence-electron chi connectivity index (χ0n) is 27.0.